The third-order valence-corrected chi connectivity index (χ3v) is 1.46. The molecule has 0 bridgehead atoms. The lowest BCUT2D eigenvalue weighted by molar-refractivity contribution is 1.25. The Balaban J connectivity index is 2.90. The summed E-state index contributed by atoms with van der Waals surface area (Å²) in [5.74, 6) is 0. The maximum atomic E-state index is 4.20. The van der Waals surface area contributed by atoms with E-state index in [2.05, 4.69) is 24.1 Å². The van der Waals surface area contributed by atoms with Crippen molar-refractivity contribution in [1.82, 2.24) is 0 Å². The molecule has 1 aliphatic heterocycles. The second-order valence-corrected chi connectivity index (χ2v) is 2.22. The number of allylic oxidation sites excluding steroid dienone is 4. The van der Waals surface area contributed by atoms with E-state index >= 15 is 0 Å². The highest BCUT2D eigenvalue weighted by molar-refractivity contribution is 5.62. The van der Waals surface area contributed by atoms with Crippen molar-refractivity contribution in [2.75, 3.05) is 0 Å². The van der Waals surface area contributed by atoms with Gasteiger partial charge in [0.2, 0.25) is 0 Å². The number of aliphatic imine (C=N–C) groups is 1. The summed E-state index contributed by atoms with van der Waals surface area (Å²) in [7, 11) is 0. The third kappa shape index (κ3) is 1.53. The van der Waals surface area contributed by atoms with E-state index in [1.54, 1.807) is 0 Å². The standard InChI is InChI=1S/C8H11N/c1-7-5-3-4-6-9-8(7)2/h3,5-6H,4H2,1-2H3. The van der Waals surface area contributed by atoms with Crippen molar-refractivity contribution < 1.29 is 0 Å². The van der Waals surface area contributed by atoms with E-state index in [9.17, 15) is 0 Å². The first kappa shape index (κ1) is 6.27. The zero-order valence-electron chi connectivity index (χ0n) is 5.89. The lowest BCUT2D eigenvalue weighted by atomic mass is 10.2. The number of hydrogen-bond acceptors (Lipinski definition) is 1. The quantitative estimate of drug-likeness (QED) is 0.466. The molecule has 0 atom stereocenters. The molecule has 0 unspecified atom stereocenters. The Hall–Kier alpha value is -0.850. The molecule has 0 saturated carbocycles. The highest BCUT2D eigenvalue weighted by Crippen LogP contribution is 2.08. The predicted octanol–water partition coefficient (Wildman–Crippen LogP) is 2.31. The summed E-state index contributed by atoms with van der Waals surface area (Å²) in [6, 6.07) is 0. The largest absolute Gasteiger partial charge is 0.265 e. The van der Waals surface area contributed by atoms with Crippen LogP contribution in [-0.2, 0) is 0 Å². The lowest BCUT2D eigenvalue weighted by Gasteiger charge is -1.91. The second kappa shape index (κ2) is 2.62. The van der Waals surface area contributed by atoms with E-state index in [-0.39, 0.29) is 0 Å². The van der Waals surface area contributed by atoms with Crippen LogP contribution in [-0.4, -0.2) is 6.21 Å². The first-order chi connectivity index (χ1) is 4.30. The van der Waals surface area contributed by atoms with Crippen molar-refractivity contribution in [3.05, 3.63) is 23.4 Å². The Morgan fingerprint density at radius 2 is 2.22 bits per heavy atom. The van der Waals surface area contributed by atoms with Gasteiger partial charge in [0.25, 0.3) is 0 Å². The zero-order chi connectivity index (χ0) is 6.69. The molecule has 0 radical (unpaired) electrons. The zero-order valence-corrected chi connectivity index (χ0v) is 5.89. The average molecular weight is 121 g/mol. The van der Waals surface area contributed by atoms with Crippen LogP contribution in [0, 0.1) is 0 Å². The smallest absolute Gasteiger partial charge is 0.0397 e. The van der Waals surface area contributed by atoms with Crippen LogP contribution in [0.5, 0.6) is 0 Å². The maximum absolute atomic E-state index is 4.20. The Labute approximate surface area is 55.8 Å². The average Bonchev–Trinajstić information content (AvgIpc) is 1.99. The molecule has 1 nitrogen and oxygen atoms in total. The van der Waals surface area contributed by atoms with Crippen LogP contribution in [0.2, 0.25) is 0 Å². The summed E-state index contributed by atoms with van der Waals surface area (Å²) in [5, 5.41) is 0. The molecular weight excluding hydrogens is 110 g/mol. The van der Waals surface area contributed by atoms with Gasteiger partial charge in [0.1, 0.15) is 0 Å². The fourth-order valence-corrected chi connectivity index (χ4v) is 0.718. The monoisotopic (exact) mass is 121 g/mol. The Morgan fingerprint density at radius 1 is 1.44 bits per heavy atom. The fraction of sp³-hybridized carbons (Fsp3) is 0.375. The third-order valence-electron chi connectivity index (χ3n) is 1.46. The summed E-state index contributed by atoms with van der Waals surface area (Å²) < 4.78 is 0. The maximum Gasteiger partial charge on any atom is 0.0397 e. The molecule has 0 fully saturated rings. The van der Waals surface area contributed by atoms with Gasteiger partial charge in [0.15, 0.2) is 0 Å². The summed E-state index contributed by atoms with van der Waals surface area (Å²) in [6.07, 6.45) is 7.13. The van der Waals surface area contributed by atoms with E-state index in [0.717, 1.165) is 12.1 Å². The number of hydrogen-bond donors (Lipinski definition) is 0. The molecule has 1 aliphatic rings. The molecule has 0 aromatic carbocycles. The lowest BCUT2D eigenvalue weighted by Crippen LogP contribution is -1.73. The van der Waals surface area contributed by atoms with E-state index in [4.69, 9.17) is 0 Å². The minimum Gasteiger partial charge on any atom is -0.265 e. The molecule has 1 heterocycles. The van der Waals surface area contributed by atoms with E-state index in [1.165, 1.54) is 5.57 Å². The summed E-state index contributed by atoms with van der Waals surface area (Å²) >= 11 is 0. The first-order valence-electron chi connectivity index (χ1n) is 3.17. The van der Waals surface area contributed by atoms with Crippen molar-refractivity contribution >= 4 is 6.21 Å². The van der Waals surface area contributed by atoms with E-state index in [1.807, 2.05) is 13.1 Å². The van der Waals surface area contributed by atoms with Crippen LogP contribution in [0.1, 0.15) is 20.3 Å². The van der Waals surface area contributed by atoms with Gasteiger partial charge < -0.3 is 0 Å². The second-order valence-electron chi connectivity index (χ2n) is 2.22. The topological polar surface area (TPSA) is 12.4 Å². The van der Waals surface area contributed by atoms with Gasteiger partial charge in [-0.15, -0.1) is 0 Å². The molecule has 0 amide bonds. The molecule has 48 valence electrons. The molecule has 1 rings (SSSR count). The molecule has 0 N–H and O–H groups in total. The van der Waals surface area contributed by atoms with Crippen LogP contribution in [0.4, 0.5) is 0 Å². The first-order valence-corrected chi connectivity index (χ1v) is 3.17. The van der Waals surface area contributed by atoms with Crippen molar-refractivity contribution in [3.63, 3.8) is 0 Å². The minimum absolute atomic E-state index is 0.967. The molecule has 9 heavy (non-hydrogen) atoms. The Kier molecular flexibility index (Phi) is 1.83. The predicted molar refractivity (Wildman–Crippen MR) is 40.6 cm³/mol. The van der Waals surface area contributed by atoms with Gasteiger partial charge in [-0.1, -0.05) is 12.2 Å². The van der Waals surface area contributed by atoms with Gasteiger partial charge >= 0.3 is 0 Å². The molecule has 0 aromatic heterocycles. The van der Waals surface area contributed by atoms with Crippen LogP contribution in [0.3, 0.4) is 0 Å². The Morgan fingerprint density at radius 3 is 3.00 bits per heavy atom. The summed E-state index contributed by atoms with van der Waals surface area (Å²) in [4.78, 5) is 4.20. The Bertz CT molecular complexity index is 165. The van der Waals surface area contributed by atoms with Crippen molar-refractivity contribution in [3.8, 4) is 0 Å². The highest BCUT2D eigenvalue weighted by atomic mass is 14.7. The van der Waals surface area contributed by atoms with Gasteiger partial charge in [-0.2, -0.15) is 0 Å². The fourth-order valence-electron chi connectivity index (χ4n) is 0.718. The minimum atomic E-state index is 0.967. The van der Waals surface area contributed by atoms with E-state index in [0.29, 0.717) is 0 Å². The van der Waals surface area contributed by atoms with Gasteiger partial charge in [-0.25, -0.2) is 0 Å². The van der Waals surface area contributed by atoms with Crippen molar-refractivity contribution in [2.45, 2.75) is 20.3 Å². The van der Waals surface area contributed by atoms with Crippen molar-refractivity contribution in [1.29, 1.82) is 0 Å². The summed E-state index contributed by atoms with van der Waals surface area (Å²) in [6.45, 7) is 4.11. The molecule has 0 spiro atoms. The molecule has 0 aromatic rings. The molecule has 0 aliphatic carbocycles. The normalized spacial score (nSPS) is 18.4. The molecule has 0 saturated heterocycles. The van der Waals surface area contributed by atoms with Gasteiger partial charge in [-0.3, -0.25) is 4.99 Å². The van der Waals surface area contributed by atoms with Crippen LogP contribution in [0.25, 0.3) is 0 Å². The van der Waals surface area contributed by atoms with E-state index < -0.39 is 0 Å². The van der Waals surface area contributed by atoms with Crippen LogP contribution >= 0.6 is 0 Å². The summed E-state index contributed by atoms with van der Waals surface area (Å²) in [5.41, 5.74) is 2.40. The van der Waals surface area contributed by atoms with Gasteiger partial charge in [-0.05, 0) is 19.4 Å². The number of rotatable bonds is 0. The van der Waals surface area contributed by atoms with Gasteiger partial charge in [0, 0.05) is 18.3 Å². The number of nitrogens with zero attached hydrogens (tertiary/aromatic N) is 1. The van der Waals surface area contributed by atoms with Crippen LogP contribution in [0.15, 0.2) is 28.4 Å². The molecular formula is C8H11N. The van der Waals surface area contributed by atoms with Crippen molar-refractivity contribution in [2.24, 2.45) is 4.99 Å². The molecule has 1 heteroatoms. The highest BCUT2D eigenvalue weighted by Gasteiger charge is 1.91. The van der Waals surface area contributed by atoms with Gasteiger partial charge in [0.05, 0.1) is 0 Å². The SMILES string of the molecule is CC1=C(C)N=CCC=C1. The van der Waals surface area contributed by atoms with Crippen LogP contribution < -0.4 is 0 Å².